The summed E-state index contributed by atoms with van der Waals surface area (Å²) in [6.07, 6.45) is 5.65. The number of hydrogen-bond acceptors (Lipinski definition) is 9. The molecule has 1 saturated heterocycles. The van der Waals surface area contributed by atoms with E-state index in [0.29, 0.717) is 47.0 Å². The minimum atomic E-state index is -0.980. The zero-order chi connectivity index (χ0) is 29.8. The Morgan fingerprint density at radius 1 is 1.07 bits per heavy atom. The third-order valence-electron chi connectivity index (χ3n) is 7.07. The third kappa shape index (κ3) is 5.37. The smallest absolute Gasteiger partial charge is 0.355 e. The number of H-pyrrole nitrogens is 1. The highest BCUT2D eigenvalue weighted by atomic mass is 16.5. The summed E-state index contributed by atoms with van der Waals surface area (Å²) < 4.78 is 23.5. The Morgan fingerprint density at radius 3 is 2.32 bits per heavy atom. The Morgan fingerprint density at radius 2 is 1.76 bits per heavy atom. The predicted octanol–water partition coefficient (Wildman–Crippen LogP) is 3.54. The van der Waals surface area contributed by atoms with Crippen molar-refractivity contribution < 1.29 is 38.4 Å². The van der Waals surface area contributed by atoms with Gasteiger partial charge in [0.05, 0.1) is 45.9 Å². The van der Waals surface area contributed by atoms with E-state index >= 15 is 0 Å². The number of aromatic amines is 1. The second-order valence-corrected chi connectivity index (χ2v) is 9.45. The summed E-state index contributed by atoms with van der Waals surface area (Å²) in [4.78, 5) is 48.0. The number of aryl methyl sites for hydroxylation is 2. The van der Waals surface area contributed by atoms with Crippen LogP contribution in [-0.4, -0.2) is 76.7 Å². The number of imidazole rings is 1. The lowest BCUT2D eigenvalue weighted by molar-refractivity contribution is -0.139. The van der Waals surface area contributed by atoms with Crippen molar-refractivity contribution in [1.82, 2.24) is 19.4 Å². The predicted molar refractivity (Wildman–Crippen MR) is 148 cm³/mol. The minimum absolute atomic E-state index is 0.118. The van der Waals surface area contributed by atoms with E-state index in [-0.39, 0.29) is 30.0 Å². The molecule has 1 amide bonds. The first kappa shape index (κ1) is 29.2. The van der Waals surface area contributed by atoms with Crippen LogP contribution in [0.4, 0.5) is 0 Å². The lowest BCUT2D eigenvalue weighted by Crippen LogP contribution is -2.31. The maximum atomic E-state index is 13.6. The van der Waals surface area contributed by atoms with Gasteiger partial charge in [-0.1, -0.05) is 0 Å². The number of esters is 1. The van der Waals surface area contributed by atoms with Gasteiger partial charge in [0.2, 0.25) is 5.75 Å². The van der Waals surface area contributed by atoms with E-state index in [9.17, 15) is 19.5 Å². The molecule has 0 radical (unpaired) electrons. The molecule has 0 saturated carbocycles. The highest BCUT2D eigenvalue weighted by Crippen LogP contribution is 2.46. The molecule has 3 aromatic rings. The quantitative estimate of drug-likeness (QED) is 0.154. The van der Waals surface area contributed by atoms with Gasteiger partial charge < -0.3 is 38.5 Å². The van der Waals surface area contributed by atoms with Gasteiger partial charge in [0.1, 0.15) is 11.5 Å². The van der Waals surface area contributed by atoms with Crippen LogP contribution < -0.4 is 14.2 Å². The molecular weight excluding hydrogens is 532 g/mol. The molecule has 4 rings (SSSR count). The number of aromatic nitrogens is 3. The molecule has 0 aliphatic carbocycles. The van der Waals surface area contributed by atoms with Gasteiger partial charge in [0.15, 0.2) is 11.5 Å². The number of hydrogen-bond donors (Lipinski definition) is 2. The Kier molecular flexibility index (Phi) is 8.70. The SMILES string of the molecule is CCOC(=O)c1[nH]c(C)c(/C(O)=C2\C(=O)C(=O)N(CCCn3ccnc3)C2c2cc(OC)c(OC)c(OC)c2)c1C. The standard InChI is InChI=1S/C29H34N4O8/c1-7-41-29(37)23-16(2)21(17(3)31-23)25(34)22-24(18-13-19(38-4)27(40-6)20(14-18)39-5)33(28(36)26(22)35)11-8-10-32-12-9-30-15-32/h9,12-15,24,31,34H,7-8,10-11H2,1-6H3/b25-22+. The van der Waals surface area contributed by atoms with Crippen LogP contribution in [0.15, 0.2) is 36.4 Å². The number of likely N-dealkylation sites (tertiary alicyclic amines) is 1. The molecule has 1 aliphatic heterocycles. The lowest BCUT2D eigenvalue weighted by Gasteiger charge is -2.26. The van der Waals surface area contributed by atoms with Crippen molar-refractivity contribution in [2.24, 2.45) is 0 Å². The fourth-order valence-corrected chi connectivity index (χ4v) is 5.21. The maximum Gasteiger partial charge on any atom is 0.355 e. The van der Waals surface area contributed by atoms with Crippen LogP contribution in [0.25, 0.3) is 5.76 Å². The molecule has 12 heteroatoms. The first-order valence-corrected chi connectivity index (χ1v) is 13.1. The number of carbonyl (C=O) groups is 3. The van der Waals surface area contributed by atoms with Crippen molar-refractivity contribution >= 4 is 23.4 Å². The molecule has 1 aliphatic rings. The fourth-order valence-electron chi connectivity index (χ4n) is 5.21. The average molecular weight is 567 g/mol. The fraction of sp³-hybridized carbons (Fsp3) is 0.379. The summed E-state index contributed by atoms with van der Waals surface area (Å²) in [5, 5.41) is 11.7. The number of carbonyl (C=O) groups excluding carboxylic acids is 3. The molecule has 0 bridgehead atoms. The van der Waals surface area contributed by atoms with Crippen molar-refractivity contribution in [1.29, 1.82) is 0 Å². The van der Waals surface area contributed by atoms with E-state index in [0.717, 1.165) is 0 Å². The molecule has 1 aromatic carbocycles. The number of amides is 1. The van der Waals surface area contributed by atoms with Crippen molar-refractivity contribution in [3.63, 3.8) is 0 Å². The van der Waals surface area contributed by atoms with Crippen molar-refractivity contribution in [2.75, 3.05) is 34.5 Å². The van der Waals surface area contributed by atoms with Gasteiger partial charge in [0, 0.05) is 36.7 Å². The summed E-state index contributed by atoms with van der Waals surface area (Å²) >= 11 is 0. The second-order valence-electron chi connectivity index (χ2n) is 9.45. The molecule has 12 nitrogen and oxygen atoms in total. The molecule has 41 heavy (non-hydrogen) atoms. The van der Waals surface area contributed by atoms with Crippen LogP contribution in [0.2, 0.25) is 0 Å². The Bertz CT molecular complexity index is 1460. The van der Waals surface area contributed by atoms with Crippen LogP contribution in [-0.2, 0) is 20.9 Å². The van der Waals surface area contributed by atoms with E-state index in [1.54, 1.807) is 45.4 Å². The molecule has 3 heterocycles. The number of ether oxygens (including phenoxy) is 4. The van der Waals surface area contributed by atoms with Gasteiger partial charge in [-0.25, -0.2) is 9.78 Å². The average Bonchev–Trinajstić information content (AvgIpc) is 3.65. The molecule has 1 fully saturated rings. The molecule has 0 spiro atoms. The van der Waals surface area contributed by atoms with Crippen LogP contribution in [0.1, 0.15) is 52.3 Å². The number of rotatable bonds is 11. The van der Waals surface area contributed by atoms with E-state index in [1.165, 1.54) is 26.2 Å². The van der Waals surface area contributed by atoms with Crippen molar-refractivity contribution in [3.05, 3.63) is 64.5 Å². The molecule has 2 aromatic heterocycles. The molecule has 1 unspecified atom stereocenters. The minimum Gasteiger partial charge on any atom is -0.507 e. The van der Waals surface area contributed by atoms with Gasteiger partial charge in [-0.2, -0.15) is 0 Å². The van der Waals surface area contributed by atoms with E-state index in [2.05, 4.69) is 9.97 Å². The van der Waals surface area contributed by atoms with Crippen LogP contribution in [0, 0.1) is 13.8 Å². The summed E-state index contributed by atoms with van der Waals surface area (Å²) in [6, 6.07) is 2.32. The molecule has 218 valence electrons. The summed E-state index contributed by atoms with van der Waals surface area (Å²) in [6.45, 7) is 5.93. The van der Waals surface area contributed by atoms with Crippen LogP contribution >= 0.6 is 0 Å². The normalized spacial score (nSPS) is 16.2. The van der Waals surface area contributed by atoms with Crippen LogP contribution in [0.5, 0.6) is 17.2 Å². The number of methoxy groups -OCH3 is 3. The molecular formula is C29H34N4O8. The van der Waals surface area contributed by atoms with E-state index < -0.39 is 29.5 Å². The first-order valence-electron chi connectivity index (χ1n) is 13.1. The number of Topliss-reactive ketones (excluding diaryl/α,β-unsaturated/α-hetero) is 1. The third-order valence-corrected chi connectivity index (χ3v) is 7.07. The molecule has 2 N–H and O–H groups in total. The Balaban J connectivity index is 1.89. The van der Waals surface area contributed by atoms with Gasteiger partial charge >= 0.3 is 5.97 Å². The zero-order valence-electron chi connectivity index (χ0n) is 23.9. The number of aliphatic hydroxyl groups is 1. The second kappa shape index (κ2) is 12.2. The highest BCUT2D eigenvalue weighted by molar-refractivity contribution is 6.46. The Hall–Kier alpha value is -4.74. The zero-order valence-corrected chi connectivity index (χ0v) is 23.9. The largest absolute Gasteiger partial charge is 0.507 e. The van der Waals surface area contributed by atoms with Gasteiger partial charge in [0.25, 0.3) is 11.7 Å². The van der Waals surface area contributed by atoms with E-state index in [4.69, 9.17) is 18.9 Å². The van der Waals surface area contributed by atoms with Gasteiger partial charge in [-0.3, -0.25) is 9.59 Å². The monoisotopic (exact) mass is 566 g/mol. The van der Waals surface area contributed by atoms with Crippen molar-refractivity contribution in [3.8, 4) is 17.2 Å². The maximum absolute atomic E-state index is 13.6. The number of ketones is 1. The highest BCUT2D eigenvalue weighted by Gasteiger charge is 2.47. The Labute approximate surface area is 237 Å². The first-order chi connectivity index (χ1) is 19.7. The topological polar surface area (TPSA) is 145 Å². The van der Waals surface area contributed by atoms with E-state index in [1.807, 2.05) is 10.8 Å². The summed E-state index contributed by atoms with van der Waals surface area (Å²) in [5.41, 5.74) is 1.60. The summed E-state index contributed by atoms with van der Waals surface area (Å²) in [5.74, 6) is -1.61. The number of nitrogens with one attached hydrogen (secondary N) is 1. The number of nitrogens with zero attached hydrogens (tertiary/aromatic N) is 3. The number of aliphatic hydroxyl groups excluding tert-OH is 1. The van der Waals surface area contributed by atoms with Gasteiger partial charge in [-0.05, 0) is 50.5 Å². The van der Waals surface area contributed by atoms with Crippen molar-refractivity contribution in [2.45, 2.75) is 39.8 Å². The number of benzene rings is 1. The molecule has 1 atom stereocenters. The summed E-state index contributed by atoms with van der Waals surface area (Å²) in [7, 11) is 4.40. The van der Waals surface area contributed by atoms with Crippen LogP contribution in [0.3, 0.4) is 0 Å². The van der Waals surface area contributed by atoms with Gasteiger partial charge in [-0.15, -0.1) is 0 Å². The lowest BCUT2D eigenvalue weighted by atomic mass is 9.93.